The zero-order valence-corrected chi connectivity index (χ0v) is 12.3. The van der Waals surface area contributed by atoms with E-state index in [-0.39, 0.29) is 10.6 Å². The Morgan fingerprint density at radius 3 is 2.39 bits per heavy atom. The molecule has 0 aromatic heterocycles. The maximum absolute atomic E-state index is 13.3. The van der Waals surface area contributed by atoms with Crippen molar-refractivity contribution in [1.29, 1.82) is 0 Å². The Labute approximate surface area is 130 Å². The topological polar surface area (TPSA) is 87.3 Å². The van der Waals surface area contributed by atoms with Crippen molar-refractivity contribution < 1.29 is 22.0 Å². The van der Waals surface area contributed by atoms with Gasteiger partial charge in [-0.2, -0.15) is 4.72 Å². The van der Waals surface area contributed by atoms with Crippen molar-refractivity contribution in [3.63, 3.8) is 0 Å². The molecule has 1 aliphatic heterocycles. The Bertz CT molecular complexity index is 869. The lowest BCUT2D eigenvalue weighted by molar-refractivity contribution is -0.117. The average Bonchev–Trinajstić information content (AvgIpc) is 2.48. The Balaban J connectivity index is 1.84. The van der Waals surface area contributed by atoms with E-state index < -0.39 is 33.7 Å². The van der Waals surface area contributed by atoms with E-state index in [0.717, 1.165) is 30.3 Å². The second-order valence-corrected chi connectivity index (χ2v) is 6.52. The SMILES string of the molecule is O=C(Nc1ccc(F)cc1)[C@@H]1Nc2cc(F)ccc2S(=O)(=O)N1. The predicted octanol–water partition coefficient (Wildman–Crippen LogP) is 1.63. The number of fused-ring (bicyclic) bond motifs is 1. The number of nitrogens with one attached hydrogen (secondary N) is 3. The van der Waals surface area contributed by atoms with Crippen LogP contribution in [0, 0.1) is 11.6 Å². The van der Waals surface area contributed by atoms with Crippen molar-refractivity contribution in [3.8, 4) is 0 Å². The second kappa shape index (κ2) is 5.60. The summed E-state index contributed by atoms with van der Waals surface area (Å²) >= 11 is 0. The van der Waals surface area contributed by atoms with Gasteiger partial charge in [0.05, 0.1) is 5.69 Å². The predicted molar refractivity (Wildman–Crippen MR) is 79.2 cm³/mol. The van der Waals surface area contributed by atoms with Gasteiger partial charge in [0, 0.05) is 5.69 Å². The highest BCUT2D eigenvalue weighted by molar-refractivity contribution is 7.89. The van der Waals surface area contributed by atoms with Gasteiger partial charge >= 0.3 is 0 Å². The highest BCUT2D eigenvalue weighted by Gasteiger charge is 2.33. The average molecular weight is 339 g/mol. The molecule has 120 valence electrons. The van der Waals surface area contributed by atoms with Gasteiger partial charge in [0.2, 0.25) is 10.0 Å². The fraction of sp³-hybridized carbons (Fsp3) is 0.0714. The Kier molecular flexibility index (Phi) is 3.74. The van der Waals surface area contributed by atoms with Crippen LogP contribution in [-0.4, -0.2) is 20.5 Å². The quantitative estimate of drug-likeness (QED) is 0.776. The van der Waals surface area contributed by atoms with Crippen LogP contribution < -0.4 is 15.4 Å². The molecule has 9 heteroatoms. The number of benzene rings is 2. The van der Waals surface area contributed by atoms with Gasteiger partial charge in [-0.05, 0) is 42.5 Å². The van der Waals surface area contributed by atoms with Crippen molar-refractivity contribution in [2.75, 3.05) is 10.6 Å². The summed E-state index contributed by atoms with van der Waals surface area (Å²) in [5.41, 5.74) is 0.283. The van der Waals surface area contributed by atoms with Gasteiger partial charge < -0.3 is 10.6 Å². The molecule has 0 radical (unpaired) electrons. The minimum absolute atomic E-state index is 0.0111. The molecule has 0 saturated carbocycles. The second-order valence-electron chi connectivity index (χ2n) is 4.84. The summed E-state index contributed by atoms with van der Waals surface area (Å²) in [4.78, 5) is 12.0. The molecule has 3 N–H and O–H groups in total. The van der Waals surface area contributed by atoms with E-state index in [1.54, 1.807) is 0 Å². The summed E-state index contributed by atoms with van der Waals surface area (Å²) in [7, 11) is -3.95. The lowest BCUT2D eigenvalue weighted by atomic mass is 10.2. The summed E-state index contributed by atoms with van der Waals surface area (Å²) in [6, 6.07) is 8.08. The van der Waals surface area contributed by atoms with E-state index in [4.69, 9.17) is 0 Å². The van der Waals surface area contributed by atoms with Crippen molar-refractivity contribution in [1.82, 2.24) is 4.72 Å². The molecule has 1 aliphatic rings. The number of amides is 1. The van der Waals surface area contributed by atoms with Gasteiger partial charge in [0.15, 0.2) is 6.17 Å². The third-order valence-corrected chi connectivity index (χ3v) is 4.66. The van der Waals surface area contributed by atoms with Gasteiger partial charge in [-0.25, -0.2) is 17.2 Å². The van der Waals surface area contributed by atoms with E-state index in [9.17, 15) is 22.0 Å². The van der Waals surface area contributed by atoms with Crippen LogP contribution in [0.4, 0.5) is 20.2 Å². The lowest BCUT2D eigenvalue weighted by Crippen LogP contribution is -2.51. The van der Waals surface area contributed by atoms with Crippen LogP contribution in [0.2, 0.25) is 0 Å². The molecule has 2 aromatic rings. The monoisotopic (exact) mass is 339 g/mol. The number of carbonyl (C=O) groups is 1. The molecule has 0 spiro atoms. The van der Waals surface area contributed by atoms with Crippen molar-refractivity contribution in [3.05, 3.63) is 54.1 Å². The van der Waals surface area contributed by atoms with Crippen molar-refractivity contribution >= 4 is 27.3 Å². The van der Waals surface area contributed by atoms with Gasteiger partial charge in [0.1, 0.15) is 16.5 Å². The van der Waals surface area contributed by atoms with Gasteiger partial charge in [0.25, 0.3) is 5.91 Å². The van der Waals surface area contributed by atoms with Crippen LogP contribution in [0.1, 0.15) is 0 Å². The van der Waals surface area contributed by atoms with Crippen LogP contribution in [0.15, 0.2) is 47.4 Å². The summed E-state index contributed by atoms with van der Waals surface area (Å²) in [5, 5.41) is 5.04. The van der Waals surface area contributed by atoms with Gasteiger partial charge in [-0.3, -0.25) is 4.79 Å². The first-order valence-corrected chi connectivity index (χ1v) is 7.98. The molecular weight excluding hydrogens is 328 g/mol. The molecule has 0 bridgehead atoms. The molecule has 0 aliphatic carbocycles. The molecule has 23 heavy (non-hydrogen) atoms. The maximum Gasteiger partial charge on any atom is 0.262 e. The minimum Gasteiger partial charge on any atom is -0.360 e. The zero-order chi connectivity index (χ0) is 16.6. The Morgan fingerprint density at radius 2 is 1.70 bits per heavy atom. The zero-order valence-electron chi connectivity index (χ0n) is 11.5. The van der Waals surface area contributed by atoms with E-state index >= 15 is 0 Å². The van der Waals surface area contributed by atoms with Crippen molar-refractivity contribution in [2.45, 2.75) is 11.1 Å². The standard InChI is InChI=1S/C14H11F2N3O3S/c15-8-1-4-10(5-2-8)17-14(20)13-18-11-7-9(16)3-6-12(11)23(21,22)19-13/h1-7,13,18-19H,(H,17,20)/t13-/m1/s1. The number of rotatable bonds is 2. The fourth-order valence-electron chi connectivity index (χ4n) is 2.12. The van der Waals surface area contributed by atoms with Crippen LogP contribution in [-0.2, 0) is 14.8 Å². The Hall–Kier alpha value is -2.52. The smallest absolute Gasteiger partial charge is 0.262 e. The largest absolute Gasteiger partial charge is 0.360 e. The number of hydrogen-bond donors (Lipinski definition) is 3. The first-order valence-electron chi connectivity index (χ1n) is 6.50. The highest BCUT2D eigenvalue weighted by atomic mass is 32.2. The molecular formula is C14H11F2N3O3S. The lowest BCUT2D eigenvalue weighted by Gasteiger charge is -2.27. The Morgan fingerprint density at radius 1 is 1.04 bits per heavy atom. The number of carbonyl (C=O) groups excluding carboxylic acids is 1. The van der Waals surface area contributed by atoms with Crippen LogP contribution in [0.5, 0.6) is 0 Å². The first-order chi connectivity index (χ1) is 10.8. The summed E-state index contributed by atoms with van der Waals surface area (Å²) in [6.07, 6.45) is -1.32. The van der Waals surface area contributed by atoms with Gasteiger partial charge in [-0.15, -0.1) is 0 Å². The molecule has 1 amide bonds. The number of sulfonamides is 1. The maximum atomic E-state index is 13.3. The molecule has 6 nitrogen and oxygen atoms in total. The summed E-state index contributed by atoms with van der Waals surface area (Å²) in [5.74, 6) is -1.81. The molecule has 2 aromatic carbocycles. The molecule has 0 unspecified atom stereocenters. The fourth-order valence-corrected chi connectivity index (χ4v) is 3.38. The molecule has 0 fully saturated rings. The summed E-state index contributed by atoms with van der Waals surface area (Å²) < 4.78 is 52.4. The van der Waals surface area contributed by atoms with E-state index in [1.807, 2.05) is 0 Å². The van der Waals surface area contributed by atoms with Gasteiger partial charge in [-0.1, -0.05) is 0 Å². The highest BCUT2D eigenvalue weighted by Crippen LogP contribution is 2.26. The number of hydrogen-bond acceptors (Lipinski definition) is 4. The number of halogens is 2. The van der Waals surface area contributed by atoms with E-state index in [2.05, 4.69) is 15.4 Å². The number of anilines is 2. The third-order valence-electron chi connectivity index (χ3n) is 3.18. The molecule has 1 atom stereocenters. The minimum atomic E-state index is -3.95. The first kappa shape index (κ1) is 15.4. The molecule has 0 saturated heterocycles. The van der Waals surface area contributed by atoms with Crippen LogP contribution in [0.3, 0.4) is 0 Å². The van der Waals surface area contributed by atoms with E-state index in [0.29, 0.717) is 5.69 Å². The molecule has 3 rings (SSSR count). The normalized spacial score (nSPS) is 18.6. The van der Waals surface area contributed by atoms with Crippen LogP contribution in [0.25, 0.3) is 0 Å². The third kappa shape index (κ3) is 3.15. The molecule has 1 heterocycles. The summed E-state index contributed by atoms with van der Waals surface area (Å²) in [6.45, 7) is 0. The van der Waals surface area contributed by atoms with Crippen LogP contribution >= 0.6 is 0 Å². The van der Waals surface area contributed by atoms with E-state index in [1.165, 1.54) is 12.1 Å². The van der Waals surface area contributed by atoms with Crippen molar-refractivity contribution in [2.24, 2.45) is 0 Å².